The van der Waals surface area contributed by atoms with Crippen molar-refractivity contribution in [1.82, 2.24) is 5.16 Å². The lowest BCUT2D eigenvalue weighted by Crippen LogP contribution is -2.31. The average Bonchev–Trinajstić information content (AvgIpc) is 3.25. The predicted molar refractivity (Wildman–Crippen MR) is 101 cm³/mol. The van der Waals surface area contributed by atoms with Crippen molar-refractivity contribution < 1.29 is 22.9 Å². The zero-order valence-electron chi connectivity index (χ0n) is 15.5. The molecule has 0 saturated heterocycles. The van der Waals surface area contributed by atoms with Crippen LogP contribution >= 0.6 is 0 Å². The Morgan fingerprint density at radius 3 is 2.57 bits per heavy atom. The van der Waals surface area contributed by atoms with Crippen LogP contribution in [-0.2, 0) is 4.79 Å². The minimum atomic E-state index is -0.657. The van der Waals surface area contributed by atoms with E-state index in [1.54, 1.807) is 26.8 Å². The van der Waals surface area contributed by atoms with E-state index in [0.717, 1.165) is 0 Å². The summed E-state index contributed by atoms with van der Waals surface area (Å²) in [5.41, 5.74) is 1.39. The molecule has 1 unspecified atom stereocenters. The topological polar surface area (TPSA) is 109 Å². The summed E-state index contributed by atoms with van der Waals surface area (Å²) in [6, 6.07) is 6.51. The van der Waals surface area contributed by atoms with Crippen molar-refractivity contribution >= 4 is 29.1 Å². The Bertz CT molecular complexity index is 1010. The Hall–Kier alpha value is -3.62. The summed E-state index contributed by atoms with van der Waals surface area (Å²) in [5.74, 6) is -0.790. The maximum Gasteiger partial charge on any atom is 0.259 e. The molecule has 28 heavy (non-hydrogen) atoms. The Labute approximate surface area is 160 Å². The lowest BCUT2D eigenvalue weighted by Gasteiger charge is -2.15. The fraction of sp³-hybridized carbons (Fsp3) is 0.211. The first-order chi connectivity index (χ1) is 13.3. The molecule has 3 N–H and O–H groups in total. The Kier molecular flexibility index (Phi) is 5.44. The lowest BCUT2D eigenvalue weighted by molar-refractivity contribution is -0.116. The zero-order chi connectivity index (χ0) is 20.3. The second-order valence-electron chi connectivity index (χ2n) is 6.23. The van der Waals surface area contributed by atoms with Crippen molar-refractivity contribution in [2.45, 2.75) is 26.8 Å². The van der Waals surface area contributed by atoms with E-state index in [4.69, 9.17) is 8.94 Å². The summed E-state index contributed by atoms with van der Waals surface area (Å²) in [4.78, 5) is 24.5. The molecule has 8 nitrogen and oxygen atoms in total. The number of rotatable bonds is 6. The Balaban J connectivity index is 1.67. The number of halogens is 1. The van der Waals surface area contributed by atoms with Gasteiger partial charge >= 0.3 is 0 Å². The van der Waals surface area contributed by atoms with Gasteiger partial charge in [-0.2, -0.15) is 0 Å². The molecule has 0 radical (unpaired) electrons. The molecule has 0 aliphatic carbocycles. The number of nitrogens with one attached hydrogen (secondary N) is 3. The van der Waals surface area contributed by atoms with Crippen LogP contribution in [0.25, 0.3) is 0 Å². The third-order valence-corrected chi connectivity index (χ3v) is 3.97. The minimum Gasteiger partial charge on any atom is -0.469 e. The number of aromatic nitrogens is 1. The van der Waals surface area contributed by atoms with E-state index in [-0.39, 0.29) is 17.5 Å². The summed E-state index contributed by atoms with van der Waals surface area (Å²) in [6.07, 6.45) is 1.38. The van der Waals surface area contributed by atoms with Crippen LogP contribution in [0.4, 0.5) is 21.6 Å². The van der Waals surface area contributed by atoms with Gasteiger partial charge in [-0.1, -0.05) is 5.16 Å². The maximum atomic E-state index is 14.1. The molecule has 3 rings (SSSR count). The summed E-state index contributed by atoms with van der Waals surface area (Å²) >= 11 is 0. The fourth-order valence-corrected chi connectivity index (χ4v) is 2.49. The van der Waals surface area contributed by atoms with Crippen LogP contribution < -0.4 is 16.0 Å². The number of anilines is 3. The first-order valence-electron chi connectivity index (χ1n) is 8.49. The van der Waals surface area contributed by atoms with Crippen molar-refractivity contribution in [2.24, 2.45) is 0 Å². The van der Waals surface area contributed by atoms with Crippen LogP contribution in [0.5, 0.6) is 0 Å². The quantitative estimate of drug-likeness (QED) is 0.596. The number of carbonyl (C=O) groups is 2. The summed E-state index contributed by atoms with van der Waals surface area (Å²) < 4.78 is 24.1. The van der Waals surface area contributed by atoms with E-state index in [0.29, 0.717) is 22.7 Å². The molecular weight excluding hydrogens is 367 g/mol. The van der Waals surface area contributed by atoms with E-state index in [1.165, 1.54) is 30.5 Å². The van der Waals surface area contributed by atoms with Crippen molar-refractivity contribution in [2.75, 3.05) is 16.0 Å². The van der Waals surface area contributed by atoms with E-state index >= 15 is 0 Å². The van der Waals surface area contributed by atoms with Crippen LogP contribution in [0.2, 0.25) is 0 Å². The van der Waals surface area contributed by atoms with Gasteiger partial charge in [-0.15, -0.1) is 0 Å². The van der Waals surface area contributed by atoms with Gasteiger partial charge in [0, 0.05) is 11.8 Å². The second kappa shape index (κ2) is 7.95. The van der Waals surface area contributed by atoms with Gasteiger partial charge in [-0.3, -0.25) is 14.9 Å². The van der Waals surface area contributed by atoms with Crippen LogP contribution in [-0.4, -0.2) is 23.0 Å². The number of benzene rings is 1. The highest BCUT2D eigenvalue weighted by Gasteiger charge is 2.17. The van der Waals surface area contributed by atoms with Crippen LogP contribution in [0, 0.1) is 19.7 Å². The monoisotopic (exact) mass is 386 g/mol. The molecule has 0 saturated carbocycles. The highest BCUT2D eigenvalue weighted by atomic mass is 19.1. The normalized spacial score (nSPS) is 11.7. The third kappa shape index (κ3) is 4.37. The number of carbonyl (C=O) groups excluding carboxylic acids is 2. The van der Waals surface area contributed by atoms with Gasteiger partial charge in [0.05, 0.1) is 23.2 Å². The molecular formula is C19H19FN4O4. The van der Waals surface area contributed by atoms with E-state index in [2.05, 4.69) is 21.1 Å². The summed E-state index contributed by atoms with van der Waals surface area (Å²) in [5, 5.41) is 11.7. The third-order valence-electron chi connectivity index (χ3n) is 3.97. The van der Waals surface area contributed by atoms with Gasteiger partial charge in [-0.25, -0.2) is 4.39 Å². The predicted octanol–water partition coefficient (Wildman–Crippen LogP) is 3.71. The van der Waals surface area contributed by atoms with E-state index in [1.807, 2.05) is 0 Å². The summed E-state index contributed by atoms with van der Waals surface area (Å²) in [7, 11) is 0. The molecule has 3 aromatic rings. The molecule has 2 amide bonds. The fourth-order valence-electron chi connectivity index (χ4n) is 2.49. The van der Waals surface area contributed by atoms with E-state index in [9.17, 15) is 14.0 Å². The SMILES string of the molecule is Cc1cc(NC(=O)C(C)Nc2ccc(F)c(NC(=O)c3ccoc3C)c2)on1. The first kappa shape index (κ1) is 19.2. The number of nitrogens with zero attached hydrogens (tertiary/aromatic N) is 1. The lowest BCUT2D eigenvalue weighted by atomic mass is 10.2. The number of aryl methyl sites for hydroxylation is 2. The smallest absolute Gasteiger partial charge is 0.259 e. The average molecular weight is 386 g/mol. The molecule has 0 aliphatic rings. The van der Waals surface area contributed by atoms with Crippen LogP contribution in [0.15, 0.2) is 45.5 Å². The summed E-state index contributed by atoms with van der Waals surface area (Å²) in [6.45, 7) is 5.01. The zero-order valence-corrected chi connectivity index (χ0v) is 15.5. The largest absolute Gasteiger partial charge is 0.469 e. The first-order valence-corrected chi connectivity index (χ1v) is 8.49. The highest BCUT2D eigenvalue weighted by Crippen LogP contribution is 2.22. The van der Waals surface area contributed by atoms with Crippen molar-refractivity contribution in [3.05, 3.63) is 59.4 Å². The molecule has 0 bridgehead atoms. The van der Waals surface area contributed by atoms with Gasteiger partial charge in [0.25, 0.3) is 5.91 Å². The Morgan fingerprint density at radius 2 is 1.93 bits per heavy atom. The van der Waals surface area contributed by atoms with Gasteiger partial charge in [0.15, 0.2) is 0 Å². The maximum absolute atomic E-state index is 14.1. The number of furan rings is 1. The minimum absolute atomic E-state index is 0.0194. The molecule has 146 valence electrons. The van der Waals surface area contributed by atoms with Crippen LogP contribution in [0.3, 0.4) is 0 Å². The molecule has 2 aromatic heterocycles. The molecule has 0 spiro atoms. The molecule has 2 heterocycles. The van der Waals surface area contributed by atoms with Crippen LogP contribution in [0.1, 0.15) is 28.7 Å². The van der Waals surface area contributed by atoms with Gasteiger partial charge in [0.1, 0.15) is 17.6 Å². The second-order valence-corrected chi connectivity index (χ2v) is 6.23. The standard InChI is InChI=1S/C19H19FN4O4/c1-10-8-17(28-24-10)23-18(25)11(2)21-13-4-5-15(20)16(9-13)22-19(26)14-6-7-27-12(14)3/h4-9,11,21H,1-3H3,(H,22,26)(H,23,25). The van der Waals surface area contributed by atoms with Crippen molar-refractivity contribution in [3.8, 4) is 0 Å². The number of hydrogen-bond acceptors (Lipinski definition) is 6. The molecule has 0 fully saturated rings. The van der Waals surface area contributed by atoms with E-state index < -0.39 is 17.8 Å². The van der Waals surface area contributed by atoms with Gasteiger partial charge < -0.3 is 19.6 Å². The highest BCUT2D eigenvalue weighted by molar-refractivity contribution is 6.05. The molecule has 1 aromatic carbocycles. The molecule has 1 atom stereocenters. The number of hydrogen-bond donors (Lipinski definition) is 3. The van der Waals surface area contributed by atoms with Crippen molar-refractivity contribution in [3.63, 3.8) is 0 Å². The number of amides is 2. The molecule has 0 aliphatic heterocycles. The van der Waals surface area contributed by atoms with Gasteiger partial charge in [-0.05, 0) is 45.0 Å². The van der Waals surface area contributed by atoms with Gasteiger partial charge in [0.2, 0.25) is 11.8 Å². The Morgan fingerprint density at radius 1 is 1.14 bits per heavy atom. The van der Waals surface area contributed by atoms with Crippen molar-refractivity contribution in [1.29, 1.82) is 0 Å². The molecule has 9 heteroatoms.